The van der Waals surface area contributed by atoms with Gasteiger partial charge in [-0.1, -0.05) is 31.2 Å². The summed E-state index contributed by atoms with van der Waals surface area (Å²) >= 11 is 1.92. The Balaban J connectivity index is 1.72. The number of fused-ring (bicyclic) bond motifs is 1. The lowest BCUT2D eigenvalue weighted by Gasteiger charge is -2.15. The minimum absolute atomic E-state index is 0.387. The number of anilines is 1. The lowest BCUT2D eigenvalue weighted by Crippen LogP contribution is -2.09. The number of thioether (sulfide) groups is 1. The van der Waals surface area contributed by atoms with Gasteiger partial charge in [-0.15, -0.1) is 11.8 Å². The maximum absolute atomic E-state index is 5.68. The van der Waals surface area contributed by atoms with Crippen molar-refractivity contribution in [2.24, 2.45) is 0 Å². The number of hydrogen-bond donors (Lipinski definition) is 1. The maximum Gasteiger partial charge on any atom is 0.121 e. The predicted octanol–water partition coefficient (Wildman–Crippen LogP) is 4.73. The highest BCUT2D eigenvalue weighted by Crippen LogP contribution is 2.39. The maximum atomic E-state index is 5.68. The third-order valence-electron chi connectivity index (χ3n) is 3.35. The Labute approximate surface area is 124 Å². The van der Waals surface area contributed by atoms with Crippen LogP contribution in [0.2, 0.25) is 0 Å². The summed E-state index contributed by atoms with van der Waals surface area (Å²) in [5.74, 6) is 2.02. The first kappa shape index (κ1) is 13.4. The summed E-state index contributed by atoms with van der Waals surface area (Å²) in [6, 6.07) is 17.3. The van der Waals surface area contributed by atoms with Crippen LogP contribution in [0.4, 0.5) is 5.69 Å². The van der Waals surface area contributed by atoms with E-state index < -0.39 is 0 Å². The van der Waals surface area contributed by atoms with Gasteiger partial charge < -0.3 is 10.1 Å². The zero-order chi connectivity index (χ0) is 13.8. The van der Waals surface area contributed by atoms with Gasteiger partial charge in [0.25, 0.3) is 0 Å². The van der Waals surface area contributed by atoms with Gasteiger partial charge in [0.1, 0.15) is 5.75 Å². The quantitative estimate of drug-likeness (QED) is 0.857. The molecule has 3 heteroatoms. The van der Waals surface area contributed by atoms with Crippen molar-refractivity contribution in [1.29, 1.82) is 0 Å². The highest BCUT2D eigenvalue weighted by atomic mass is 32.2. The van der Waals surface area contributed by atoms with E-state index >= 15 is 0 Å². The molecule has 104 valence electrons. The van der Waals surface area contributed by atoms with Crippen molar-refractivity contribution >= 4 is 17.4 Å². The number of benzene rings is 2. The van der Waals surface area contributed by atoms with Crippen LogP contribution in [0.3, 0.4) is 0 Å². The van der Waals surface area contributed by atoms with Crippen LogP contribution >= 0.6 is 11.8 Å². The van der Waals surface area contributed by atoms with Crippen LogP contribution in [0.1, 0.15) is 24.9 Å². The van der Waals surface area contributed by atoms with Crippen LogP contribution in [0, 0.1) is 0 Å². The lowest BCUT2D eigenvalue weighted by atomic mass is 10.1. The molecule has 1 aliphatic rings. The molecule has 0 fully saturated rings. The number of nitrogens with one attached hydrogen (secondary N) is 1. The van der Waals surface area contributed by atoms with Crippen molar-refractivity contribution in [2.45, 2.75) is 24.3 Å². The first-order chi connectivity index (χ1) is 9.86. The van der Waals surface area contributed by atoms with Gasteiger partial charge in [-0.05, 0) is 30.2 Å². The van der Waals surface area contributed by atoms with Gasteiger partial charge in [0.2, 0.25) is 0 Å². The lowest BCUT2D eigenvalue weighted by molar-refractivity contribution is 0.317. The summed E-state index contributed by atoms with van der Waals surface area (Å²) in [5.41, 5.74) is 2.53. The zero-order valence-corrected chi connectivity index (χ0v) is 12.5. The van der Waals surface area contributed by atoms with Gasteiger partial charge in [-0.25, -0.2) is 0 Å². The third kappa shape index (κ3) is 2.93. The second kappa shape index (κ2) is 6.23. The van der Waals surface area contributed by atoms with E-state index in [1.165, 1.54) is 10.5 Å². The Bertz CT molecular complexity index is 585. The Morgan fingerprint density at radius 1 is 1.20 bits per heavy atom. The fraction of sp³-hybridized carbons (Fsp3) is 0.294. The highest BCUT2D eigenvalue weighted by Gasteiger charge is 2.22. The van der Waals surface area contributed by atoms with Crippen LogP contribution in [-0.2, 0) is 0 Å². The largest absolute Gasteiger partial charge is 0.494 e. The molecule has 0 aromatic heterocycles. The molecule has 0 saturated carbocycles. The monoisotopic (exact) mass is 285 g/mol. The summed E-state index contributed by atoms with van der Waals surface area (Å²) in [7, 11) is 0. The van der Waals surface area contributed by atoms with Crippen LogP contribution in [0.15, 0.2) is 53.4 Å². The summed E-state index contributed by atoms with van der Waals surface area (Å²) < 4.78 is 5.68. The molecule has 0 bridgehead atoms. The van der Waals surface area contributed by atoms with Crippen molar-refractivity contribution in [3.05, 3.63) is 54.1 Å². The second-order valence-corrected chi connectivity index (χ2v) is 5.98. The molecule has 20 heavy (non-hydrogen) atoms. The molecular weight excluding hydrogens is 266 g/mol. The van der Waals surface area contributed by atoms with Crippen LogP contribution in [0.5, 0.6) is 5.75 Å². The van der Waals surface area contributed by atoms with Gasteiger partial charge in [0, 0.05) is 22.4 Å². The molecule has 2 aromatic rings. The molecule has 1 heterocycles. The van der Waals surface area contributed by atoms with E-state index in [0.29, 0.717) is 6.04 Å². The first-order valence-corrected chi connectivity index (χ1v) is 8.06. The highest BCUT2D eigenvalue weighted by molar-refractivity contribution is 7.99. The summed E-state index contributed by atoms with van der Waals surface area (Å²) in [4.78, 5) is 1.39. The van der Waals surface area contributed by atoms with Crippen molar-refractivity contribution in [3.63, 3.8) is 0 Å². The Kier molecular flexibility index (Phi) is 4.16. The number of rotatable bonds is 5. The fourth-order valence-corrected chi connectivity index (χ4v) is 3.54. The van der Waals surface area contributed by atoms with E-state index in [9.17, 15) is 0 Å². The smallest absolute Gasteiger partial charge is 0.121 e. The minimum atomic E-state index is 0.387. The standard InChI is InChI=1S/C17H19NOS/c1-2-10-19-14-7-5-6-13(11-14)18-16-12-20-17-9-4-3-8-15(16)17/h3-9,11,16,18H,2,10,12H2,1H3. The molecule has 0 amide bonds. The van der Waals surface area contributed by atoms with E-state index in [1.54, 1.807) is 0 Å². The van der Waals surface area contributed by atoms with Gasteiger partial charge >= 0.3 is 0 Å². The summed E-state index contributed by atoms with van der Waals surface area (Å²) in [6.07, 6.45) is 1.03. The normalized spacial score (nSPS) is 16.8. The molecule has 2 nitrogen and oxygen atoms in total. The molecule has 3 rings (SSSR count). The van der Waals surface area contributed by atoms with E-state index in [4.69, 9.17) is 4.74 Å². The average molecular weight is 285 g/mol. The molecule has 0 saturated heterocycles. The fourth-order valence-electron chi connectivity index (χ4n) is 2.38. The molecular formula is C17H19NOS. The van der Waals surface area contributed by atoms with Crippen LogP contribution in [-0.4, -0.2) is 12.4 Å². The van der Waals surface area contributed by atoms with Crippen molar-refractivity contribution in [3.8, 4) is 5.75 Å². The molecule has 0 radical (unpaired) electrons. The molecule has 1 atom stereocenters. The Morgan fingerprint density at radius 3 is 3.00 bits per heavy atom. The average Bonchev–Trinajstić information content (AvgIpc) is 2.89. The van der Waals surface area contributed by atoms with Gasteiger partial charge in [0.05, 0.1) is 12.6 Å². The van der Waals surface area contributed by atoms with Gasteiger partial charge in [-0.2, -0.15) is 0 Å². The third-order valence-corrected chi connectivity index (χ3v) is 4.53. The van der Waals surface area contributed by atoms with Crippen LogP contribution < -0.4 is 10.1 Å². The Morgan fingerprint density at radius 2 is 2.10 bits per heavy atom. The van der Waals surface area contributed by atoms with E-state index in [2.05, 4.69) is 48.6 Å². The molecule has 1 unspecified atom stereocenters. The minimum Gasteiger partial charge on any atom is -0.494 e. The van der Waals surface area contributed by atoms with Crippen molar-refractivity contribution < 1.29 is 4.74 Å². The van der Waals surface area contributed by atoms with E-state index in [0.717, 1.165) is 30.2 Å². The molecule has 1 aliphatic heterocycles. The van der Waals surface area contributed by atoms with E-state index in [-0.39, 0.29) is 0 Å². The van der Waals surface area contributed by atoms with Gasteiger partial charge in [-0.3, -0.25) is 0 Å². The van der Waals surface area contributed by atoms with Crippen LogP contribution in [0.25, 0.3) is 0 Å². The second-order valence-electron chi connectivity index (χ2n) is 4.92. The predicted molar refractivity (Wildman–Crippen MR) is 85.8 cm³/mol. The molecule has 1 N–H and O–H groups in total. The number of ether oxygens (including phenoxy) is 1. The SMILES string of the molecule is CCCOc1cccc(NC2CSc3ccccc32)c1. The molecule has 2 aromatic carbocycles. The summed E-state index contributed by atoms with van der Waals surface area (Å²) in [5, 5.41) is 3.61. The summed E-state index contributed by atoms with van der Waals surface area (Å²) in [6.45, 7) is 2.89. The zero-order valence-electron chi connectivity index (χ0n) is 11.6. The molecule has 0 aliphatic carbocycles. The van der Waals surface area contributed by atoms with Crippen molar-refractivity contribution in [1.82, 2.24) is 0 Å². The first-order valence-electron chi connectivity index (χ1n) is 7.08. The number of hydrogen-bond acceptors (Lipinski definition) is 3. The Hall–Kier alpha value is -1.61. The molecule has 0 spiro atoms. The van der Waals surface area contributed by atoms with Gasteiger partial charge in [0.15, 0.2) is 0 Å². The van der Waals surface area contributed by atoms with E-state index in [1.807, 2.05) is 23.9 Å². The topological polar surface area (TPSA) is 21.3 Å². The van der Waals surface area contributed by atoms with Crippen molar-refractivity contribution in [2.75, 3.05) is 17.7 Å².